The molecule has 220 valence electrons. The Balaban J connectivity index is -0.000000219. The summed E-state index contributed by atoms with van der Waals surface area (Å²) in [5, 5.41) is 16.8. The van der Waals surface area contributed by atoms with Crippen molar-refractivity contribution < 1.29 is 19.8 Å². The number of carboxylic acid groups (broad SMARTS) is 2. The van der Waals surface area contributed by atoms with Gasteiger partial charge in [0.1, 0.15) is 0 Å². The van der Waals surface area contributed by atoms with Gasteiger partial charge in [-0.25, -0.2) is 0 Å². The molecule has 0 fully saturated rings. The largest absolute Gasteiger partial charge is 0.481 e. The van der Waals surface area contributed by atoms with Crippen LogP contribution in [-0.2, 0) is 9.59 Å². The predicted octanol–water partition coefficient (Wildman–Crippen LogP) is 11.6. The highest BCUT2D eigenvalue weighted by Gasteiger charge is 1.97. The molecular formula is C32H68O4. The molecule has 2 N–H and O–H groups in total. The lowest BCUT2D eigenvalue weighted by Crippen LogP contribution is -1.93. The molecule has 0 aliphatic rings. The number of aliphatic carboxylic acids is 2. The second-order valence-corrected chi connectivity index (χ2v) is 9.94. The number of carbonyl (C=O) groups is 2. The van der Waals surface area contributed by atoms with E-state index in [4.69, 9.17) is 10.2 Å². The zero-order valence-corrected chi connectivity index (χ0v) is 25.7. The van der Waals surface area contributed by atoms with Crippen LogP contribution in [0.4, 0.5) is 0 Å². The molecule has 0 unspecified atom stereocenters. The van der Waals surface area contributed by atoms with Gasteiger partial charge in [0.2, 0.25) is 0 Å². The summed E-state index contributed by atoms with van der Waals surface area (Å²) in [7, 11) is 0. The fraction of sp³-hybridized carbons (Fsp3) is 0.938. The molecule has 0 saturated carbocycles. The van der Waals surface area contributed by atoms with Crippen molar-refractivity contribution in [3.63, 3.8) is 0 Å². The molecule has 0 radical (unpaired) electrons. The highest BCUT2D eigenvalue weighted by molar-refractivity contribution is 5.66. The molecule has 4 nitrogen and oxygen atoms in total. The molecule has 36 heavy (non-hydrogen) atoms. The Labute approximate surface area is 227 Å². The van der Waals surface area contributed by atoms with Crippen LogP contribution in [0.5, 0.6) is 0 Å². The van der Waals surface area contributed by atoms with Crippen LogP contribution >= 0.6 is 0 Å². The van der Waals surface area contributed by atoms with Crippen molar-refractivity contribution in [2.24, 2.45) is 0 Å². The Hall–Kier alpha value is -1.06. The summed E-state index contributed by atoms with van der Waals surface area (Å²) in [5.74, 6) is -1.32. The monoisotopic (exact) mass is 517 g/mol. The topological polar surface area (TPSA) is 74.6 Å². The third-order valence-electron chi connectivity index (χ3n) is 5.99. The van der Waals surface area contributed by atoms with E-state index >= 15 is 0 Å². The Kier molecular flexibility index (Phi) is 51.4. The quantitative estimate of drug-likeness (QED) is 0.140. The average Bonchev–Trinajstić information content (AvgIpc) is 2.87. The number of hydrogen-bond acceptors (Lipinski definition) is 2. The smallest absolute Gasteiger partial charge is 0.303 e. The molecule has 0 aliphatic heterocycles. The van der Waals surface area contributed by atoms with Crippen LogP contribution in [0.2, 0.25) is 0 Å². The average molecular weight is 517 g/mol. The van der Waals surface area contributed by atoms with Gasteiger partial charge in [-0.2, -0.15) is 0 Å². The predicted molar refractivity (Wildman–Crippen MR) is 160 cm³/mol. The molecular weight excluding hydrogens is 448 g/mol. The Morgan fingerprint density at radius 2 is 0.528 bits per heavy atom. The van der Waals surface area contributed by atoms with Crippen LogP contribution in [-0.4, -0.2) is 22.2 Å². The molecule has 0 heterocycles. The lowest BCUT2D eigenvalue weighted by atomic mass is 10.1. The number of rotatable bonds is 22. The summed E-state index contributed by atoms with van der Waals surface area (Å²) in [4.78, 5) is 20.4. The van der Waals surface area contributed by atoms with Crippen molar-refractivity contribution in [2.75, 3.05) is 0 Å². The van der Waals surface area contributed by atoms with Crippen molar-refractivity contribution in [1.82, 2.24) is 0 Å². The van der Waals surface area contributed by atoms with Crippen LogP contribution in [0.15, 0.2) is 0 Å². The molecule has 0 bridgehead atoms. The highest BCUT2D eigenvalue weighted by Crippen LogP contribution is 2.11. The second-order valence-electron chi connectivity index (χ2n) is 9.94. The van der Waals surface area contributed by atoms with Crippen LogP contribution in [0.1, 0.15) is 196 Å². The summed E-state index contributed by atoms with van der Waals surface area (Å²) in [6.07, 6.45) is 28.2. The fourth-order valence-electron chi connectivity index (χ4n) is 3.17. The van der Waals surface area contributed by atoms with Crippen LogP contribution < -0.4 is 0 Å². The first-order valence-corrected chi connectivity index (χ1v) is 15.8. The molecule has 0 aromatic heterocycles. The Bertz CT molecular complexity index is 342. The molecule has 0 atom stereocenters. The van der Waals surface area contributed by atoms with E-state index in [-0.39, 0.29) is 0 Å². The van der Waals surface area contributed by atoms with E-state index in [1.807, 2.05) is 0 Å². The summed E-state index contributed by atoms with van der Waals surface area (Å²) in [6.45, 7) is 13.2. The van der Waals surface area contributed by atoms with Crippen LogP contribution in [0.25, 0.3) is 0 Å². The van der Waals surface area contributed by atoms with Gasteiger partial charge in [0.15, 0.2) is 0 Å². The van der Waals surface area contributed by atoms with Gasteiger partial charge < -0.3 is 10.2 Å². The van der Waals surface area contributed by atoms with E-state index in [2.05, 4.69) is 41.5 Å². The first kappa shape index (κ1) is 42.0. The highest BCUT2D eigenvalue weighted by atomic mass is 16.4. The zero-order chi connectivity index (χ0) is 28.1. The van der Waals surface area contributed by atoms with Crippen molar-refractivity contribution >= 4 is 11.9 Å². The van der Waals surface area contributed by atoms with E-state index < -0.39 is 11.9 Å². The number of unbranched alkanes of at least 4 members (excludes halogenated alkanes) is 18. The molecule has 0 aromatic carbocycles. The summed E-state index contributed by atoms with van der Waals surface area (Å²) in [5.41, 5.74) is 0. The maximum atomic E-state index is 10.2. The maximum Gasteiger partial charge on any atom is 0.303 e. The minimum atomic E-state index is -0.659. The third kappa shape index (κ3) is 63.9. The second kappa shape index (κ2) is 44.0. The molecule has 0 aliphatic carbocycles. The third-order valence-corrected chi connectivity index (χ3v) is 5.99. The molecule has 0 rings (SSSR count). The molecule has 0 saturated heterocycles. The van der Waals surface area contributed by atoms with E-state index in [0.717, 1.165) is 25.7 Å². The maximum absolute atomic E-state index is 10.2. The summed E-state index contributed by atoms with van der Waals surface area (Å²) >= 11 is 0. The lowest BCUT2D eigenvalue weighted by Gasteiger charge is -2.00. The van der Waals surface area contributed by atoms with Gasteiger partial charge in [-0.3, -0.25) is 9.59 Å². The summed E-state index contributed by atoms with van der Waals surface area (Å²) in [6, 6.07) is 0. The normalized spacial score (nSPS) is 9.72. The van der Waals surface area contributed by atoms with Gasteiger partial charge in [0.25, 0.3) is 0 Å². The van der Waals surface area contributed by atoms with Crippen LogP contribution in [0.3, 0.4) is 0 Å². The van der Waals surface area contributed by atoms with Gasteiger partial charge in [-0.05, 0) is 12.8 Å². The zero-order valence-electron chi connectivity index (χ0n) is 25.7. The number of carboxylic acids is 2. The van der Waals surface area contributed by atoms with Gasteiger partial charge in [0.05, 0.1) is 0 Å². The molecule has 0 spiro atoms. The van der Waals surface area contributed by atoms with E-state index in [9.17, 15) is 9.59 Å². The first-order valence-electron chi connectivity index (χ1n) is 15.8. The van der Waals surface area contributed by atoms with Crippen LogP contribution in [0, 0.1) is 0 Å². The van der Waals surface area contributed by atoms with E-state index in [1.54, 1.807) is 0 Å². The lowest BCUT2D eigenvalue weighted by molar-refractivity contribution is -0.138. The minimum Gasteiger partial charge on any atom is -0.481 e. The van der Waals surface area contributed by atoms with E-state index in [1.165, 1.54) is 116 Å². The van der Waals surface area contributed by atoms with Gasteiger partial charge in [-0.1, -0.05) is 170 Å². The molecule has 0 amide bonds. The standard InChI is InChI=1S/2C12H24O2.2C4H10/c2*1-2-3-4-5-6-7-8-9-10-11-12(13)14;2*1-3-4-2/h2*2-11H2,1H3,(H,13,14);2*3-4H2,1-2H3. The number of hydrogen-bond donors (Lipinski definition) is 2. The molecule has 4 heteroatoms. The SMILES string of the molecule is CCCC.CCCC.CCCCCCCCCCCC(=O)O.CCCCCCCCCCCC(=O)O. The molecule has 0 aromatic rings. The van der Waals surface area contributed by atoms with Gasteiger partial charge in [-0.15, -0.1) is 0 Å². The Morgan fingerprint density at radius 3 is 0.694 bits per heavy atom. The Morgan fingerprint density at radius 1 is 0.333 bits per heavy atom. The minimum absolute atomic E-state index is 0.343. The fourth-order valence-corrected chi connectivity index (χ4v) is 3.17. The van der Waals surface area contributed by atoms with Crippen molar-refractivity contribution in [2.45, 2.75) is 196 Å². The van der Waals surface area contributed by atoms with Crippen molar-refractivity contribution in [3.8, 4) is 0 Å². The first-order chi connectivity index (χ1) is 17.4. The van der Waals surface area contributed by atoms with Crippen molar-refractivity contribution in [3.05, 3.63) is 0 Å². The van der Waals surface area contributed by atoms with E-state index in [0.29, 0.717) is 12.8 Å². The van der Waals surface area contributed by atoms with Gasteiger partial charge >= 0.3 is 11.9 Å². The summed E-state index contributed by atoms with van der Waals surface area (Å²) < 4.78 is 0. The van der Waals surface area contributed by atoms with Gasteiger partial charge in [0, 0.05) is 12.8 Å². The van der Waals surface area contributed by atoms with Crippen molar-refractivity contribution in [1.29, 1.82) is 0 Å².